The number of hydrogen-bond donors (Lipinski definition) is 0. The molecule has 0 aliphatic heterocycles. The van der Waals surface area contributed by atoms with Gasteiger partial charge < -0.3 is 0 Å². The fourth-order valence-electron chi connectivity index (χ4n) is 1.57. The van der Waals surface area contributed by atoms with Gasteiger partial charge in [-0.25, -0.2) is 8.78 Å². The standard InChI is InChI=1S/C13H8F2O/c14-12-6-2-1-4-10(12)9-5-3-7-13(15)11(9)8-16/h1-8H. The lowest BCUT2D eigenvalue weighted by Crippen LogP contribution is -1.94. The van der Waals surface area contributed by atoms with Crippen molar-refractivity contribution in [3.63, 3.8) is 0 Å². The number of benzene rings is 2. The zero-order valence-corrected chi connectivity index (χ0v) is 8.28. The van der Waals surface area contributed by atoms with Gasteiger partial charge in [0, 0.05) is 5.56 Å². The Morgan fingerprint density at radius 2 is 1.44 bits per heavy atom. The number of rotatable bonds is 2. The minimum atomic E-state index is -0.643. The maximum absolute atomic E-state index is 13.5. The van der Waals surface area contributed by atoms with E-state index >= 15 is 0 Å². The molecule has 0 aromatic heterocycles. The molecule has 0 aliphatic carbocycles. The van der Waals surface area contributed by atoms with Gasteiger partial charge in [-0.15, -0.1) is 0 Å². The first-order valence-electron chi connectivity index (χ1n) is 4.72. The maximum Gasteiger partial charge on any atom is 0.153 e. The summed E-state index contributed by atoms with van der Waals surface area (Å²) < 4.78 is 26.8. The van der Waals surface area contributed by atoms with E-state index in [1.165, 1.54) is 30.3 Å². The first kappa shape index (κ1) is 10.5. The highest BCUT2D eigenvalue weighted by Gasteiger charge is 2.11. The summed E-state index contributed by atoms with van der Waals surface area (Å²) in [7, 11) is 0. The molecule has 2 aromatic rings. The highest BCUT2D eigenvalue weighted by molar-refractivity contribution is 5.87. The Morgan fingerprint density at radius 1 is 0.812 bits per heavy atom. The quantitative estimate of drug-likeness (QED) is 0.705. The van der Waals surface area contributed by atoms with Gasteiger partial charge in [-0.05, 0) is 17.7 Å². The van der Waals surface area contributed by atoms with E-state index in [1.54, 1.807) is 12.1 Å². The highest BCUT2D eigenvalue weighted by Crippen LogP contribution is 2.26. The van der Waals surface area contributed by atoms with Gasteiger partial charge in [0.25, 0.3) is 0 Å². The lowest BCUT2D eigenvalue weighted by Gasteiger charge is -2.06. The van der Waals surface area contributed by atoms with Gasteiger partial charge in [0.1, 0.15) is 11.6 Å². The van der Waals surface area contributed by atoms with Crippen LogP contribution in [0.3, 0.4) is 0 Å². The molecule has 0 saturated carbocycles. The summed E-state index contributed by atoms with van der Waals surface area (Å²) in [5, 5.41) is 0. The van der Waals surface area contributed by atoms with Crippen LogP contribution in [0.4, 0.5) is 8.78 Å². The van der Waals surface area contributed by atoms with Crippen molar-refractivity contribution < 1.29 is 13.6 Å². The number of hydrogen-bond acceptors (Lipinski definition) is 1. The van der Waals surface area contributed by atoms with E-state index in [0.29, 0.717) is 6.29 Å². The first-order chi connectivity index (χ1) is 7.74. The number of carbonyl (C=O) groups is 1. The Balaban J connectivity index is 2.69. The van der Waals surface area contributed by atoms with Gasteiger partial charge in [-0.3, -0.25) is 4.79 Å². The highest BCUT2D eigenvalue weighted by atomic mass is 19.1. The van der Waals surface area contributed by atoms with Gasteiger partial charge >= 0.3 is 0 Å². The Hall–Kier alpha value is -2.03. The summed E-state index contributed by atoms with van der Waals surface area (Å²) in [5.41, 5.74) is 0.379. The molecule has 0 fully saturated rings. The lowest BCUT2D eigenvalue weighted by atomic mass is 9.99. The molecular weight excluding hydrogens is 210 g/mol. The Morgan fingerprint density at radius 3 is 2.12 bits per heavy atom. The predicted molar refractivity (Wildman–Crippen MR) is 57.2 cm³/mol. The third-order valence-corrected chi connectivity index (χ3v) is 2.33. The summed E-state index contributed by atoms with van der Waals surface area (Å²) >= 11 is 0. The summed E-state index contributed by atoms with van der Waals surface area (Å²) in [5.74, 6) is -1.12. The Bertz CT molecular complexity index is 535. The van der Waals surface area contributed by atoms with E-state index in [2.05, 4.69) is 0 Å². The van der Waals surface area contributed by atoms with Gasteiger partial charge in [0.2, 0.25) is 0 Å². The molecule has 16 heavy (non-hydrogen) atoms. The molecular formula is C13H8F2O. The molecule has 80 valence electrons. The van der Waals surface area contributed by atoms with Crippen molar-refractivity contribution >= 4 is 6.29 Å². The lowest BCUT2D eigenvalue weighted by molar-refractivity contribution is 0.112. The van der Waals surface area contributed by atoms with Crippen molar-refractivity contribution in [1.82, 2.24) is 0 Å². The second-order valence-corrected chi connectivity index (χ2v) is 3.30. The fourth-order valence-corrected chi connectivity index (χ4v) is 1.57. The van der Waals surface area contributed by atoms with E-state index in [1.807, 2.05) is 0 Å². The minimum absolute atomic E-state index is 0.118. The maximum atomic E-state index is 13.5. The Labute approximate surface area is 91.3 Å². The molecule has 1 nitrogen and oxygen atoms in total. The molecule has 0 radical (unpaired) electrons. The van der Waals surface area contributed by atoms with Gasteiger partial charge in [0.15, 0.2) is 6.29 Å². The van der Waals surface area contributed by atoms with Crippen molar-refractivity contribution in [1.29, 1.82) is 0 Å². The van der Waals surface area contributed by atoms with Crippen molar-refractivity contribution in [3.8, 4) is 11.1 Å². The first-order valence-corrected chi connectivity index (χ1v) is 4.72. The molecule has 0 aliphatic rings. The predicted octanol–water partition coefficient (Wildman–Crippen LogP) is 3.44. The number of aldehydes is 1. The van der Waals surface area contributed by atoms with E-state index in [-0.39, 0.29) is 16.7 Å². The zero-order chi connectivity index (χ0) is 11.5. The van der Waals surface area contributed by atoms with Crippen LogP contribution in [0.2, 0.25) is 0 Å². The fraction of sp³-hybridized carbons (Fsp3) is 0. The van der Waals surface area contributed by atoms with Crippen LogP contribution in [0.15, 0.2) is 42.5 Å². The van der Waals surface area contributed by atoms with Crippen molar-refractivity contribution in [2.75, 3.05) is 0 Å². The molecule has 2 aromatic carbocycles. The molecule has 0 atom stereocenters. The third-order valence-electron chi connectivity index (χ3n) is 2.33. The largest absolute Gasteiger partial charge is 0.298 e. The Kier molecular flexibility index (Phi) is 2.77. The van der Waals surface area contributed by atoms with Crippen molar-refractivity contribution in [2.24, 2.45) is 0 Å². The average Bonchev–Trinajstić information content (AvgIpc) is 2.29. The van der Waals surface area contributed by atoms with Crippen LogP contribution in [-0.2, 0) is 0 Å². The zero-order valence-electron chi connectivity index (χ0n) is 8.28. The van der Waals surface area contributed by atoms with Crippen LogP contribution in [0.1, 0.15) is 10.4 Å². The molecule has 3 heteroatoms. The van der Waals surface area contributed by atoms with Crippen LogP contribution in [0.25, 0.3) is 11.1 Å². The van der Waals surface area contributed by atoms with Crippen molar-refractivity contribution in [2.45, 2.75) is 0 Å². The van der Waals surface area contributed by atoms with Gasteiger partial charge in [-0.1, -0.05) is 30.3 Å². The molecule has 2 rings (SSSR count). The number of carbonyl (C=O) groups excluding carboxylic acids is 1. The van der Waals surface area contributed by atoms with E-state index in [9.17, 15) is 13.6 Å². The summed E-state index contributed by atoms with van der Waals surface area (Å²) in [6, 6.07) is 10.1. The van der Waals surface area contributed by atoms with E-state index < -0.39 is 11.6 Å². The second-order valence-electron chi connectivity index (χ2n) is 3.30. The van der Waals surface area contributed by atoms with Gasteiger partial charge in [-0.2, -0.15) is 0 Å². The van der Waals surface area contributed by atoms with Crippen LogP contribution in [0.5, 0.6) is 0 Å². The summed E-state index contributed by atoms with van der Waals surface area (Å²) in [6.07, 6.45) is 0.400. The molecule has 0 bridgehead atoms. The topological polar surface area (TPSA) is 17.1 Å². The minimum Gasteiger partial charge on any atom is -0.298 e. The van der Waals surface area contributed by atoms with Gasteiger partial charge in [0.05, 0.1) is 5.56 Å². The van der Waals surface area contributed by atoms with E-state index in [4.69, 9.17) is 0 Å². The molecule has 0 heterocycles. The number of halogens is 2. The third kappa shape index (κ3) is 1.72. The summed E-state index contributed by atoms with van der Waals surface area (Å²) in [6.45, 7) is 0. The van der Waals surface area contributed by atoms with Crippen LogP contribution < -0.4 is 0 Å². The average molecular weight is 218 g/mol. The van der Waals surface area contributed by atoms with Crippen LogP contribution in [-0.4, -0.2) is 6.29 Å². The normalized spacial score (nSPS) is 10.1. The monoisotopic (exact) mass is 218 g/mol. The molecule has 0 saturated heterocycles. The smallest absolute Gasteiger partial charge is 0.153 e. The van der Waals surface area contributed by atoms with E-state index in [0.717, 1.165) is 0 Å². The SMILES string of the molecule is O=Cc1c(F)cccc1-c1ccccc1F. The van der Waals surface area contributed by atoms with Crippen molar-refractivity contribution in [3.05, 3.63) is 59.7 Å². The molecule has 0 amide bonds. The van der Waals surface area contributed by atoms with Crippen LogP contribution in [0, 0.1) is 11.6 Å². The van der Waals surface area contributed by atoms with Crippen LogP contribution >= 0.6 is 0 Å². The second kappa shape index (κ2) is 4.23. The molecule has 0 unspecified atom stereocenters. The molecule has 0 spiro atoms. The molecule has 0 N–H and O–H groups in total. The summed E-state index contributed by atoms with van der Waals surface area (Å²) in [4.78, 5) is 10.8.